The molecule has 2 heterocycles. The van der Waals surface area contributed by atoms with Gasteiger partial charge >= 0.3 is 0 Å². The Morgan fingerprint density at radius 3 is 2.35 bits per heavy atom. The molecule has 0 aliphatic carbocycles. The number of rotatable bonds is 8. The first-order valence-corrected chi connectivity index (χ1v) is 12.4. The predicted molar refractivity (Wildman–Crippen MR) is 133 cm³/mol. The molecule has 2 aromatic carbocycles. The van der Waals surface area contributed by atoms with Crippen molar-refractivity contribution in [3.05, 3.63) is 47.5 Å². The van der Waals surface area contributed by atoms with E-state index in [2.05, 4.69) is 10.2 Å². The molecule has 0 unspecified atom stereocenters. The van der Waals surface area contributed by atoms with Gasteiger partial charge in [-0.05, 0) is 88.2 Å². The average Bonchev–Trinajstić information content (AvgIpc) is 3.37. The molecule has 8 heteroatoms. The van der Waals surface area contributed by atoms with Crippen molar-refractivity contribution in [2.24, 2.45) is 5.92 Å². The van der Waals surface area contributed by atoms with Crippen molar-refractivity contribution in [1.82, 2.24) is 9.80 Å². The van der Waals surface area contributed by atoms with Crippen LogP contribution in [0.5, 0.6) is 17.2 Å². The van der Waals surface area contributed by atoms with Crippen LogP contribution in [-0.2, 0) is 9.59 Å². The fourth-order valence-electron chi connectivity index (χ4n) is 4.51. The Hall–Kier alpha value is -2.77. The lowest BCUT2D eigenvalue weighted by molar-refractivity contribution is -0.136. The molecule has 2 amide bonds. The molecular formula is C26H32ClN3O4. The summed E-state index contributed by atoms with van der Waals surface area (Å²) in [5, 5.41) is 3.45. The van der Waals surface area contributed by atoms with Crippen molar-refractivity contribution >= 4 is 29.1 Å². The van der Waals surface area contributed by atoms with Gasteiger partial charge < -0.3 is 19.7 Å². The fraction of sp³-hybridized carbons (Fsp3) is 0.462. The second-order valence-electron chi connectivity index (χ2n) is 8.78. The van der Waals surface area contributed by atoms with Crippen molar-refractivity contribution in [1.29, 1.82) is 0 Å². The first-order valence-electron chi connectivity index (χ1n) is 12.0. The highest BCUT2D eigenvalue weighted by Gasteiger charge is 2.30. The van der Waals surface area contributed by atoms with Gasteiger partial charge in [-0.2, -0.15) is 0 Å². The Morgan fingerprint density at radius 1 is 1.00 bits per heavy atom. The van der Waals surface area contributed by atoms with Gasteiger partial charge in [0, 0.05) is 24.0 Å². The number of amides is 2. The van der Waals surface area contributed by atoms with Crippen LogP contribution in [0.4, 0.5) is 5.69 Å². The summed E-state index contributed by atoms with van der Waals surface area (Å²) < 4.78 is 11.5. The molecule has 0 aromatic heterocycles. The van der Waals surface area contributed by atoms with Crippen LogP contribution in [0.1, 0.15) is 32.6 Å². The van der Waals surface area contributed by atoms with E-state index in [1.165, 1.54) is 0 Å². The number of piperidine rings is 1. The topological polar surface area (TPSA) is 71.1 Å². The number of carbonyl (C=O) groups is 2. The Kier molecular flexibility index (Phi) is 8.29. The summed E-state index contributed by atoms with van der Waals surface area (Å²) in [6.45, 7) is 6.05. The van der Waals surface area contributed by atoms with E-state index in [-0.39, 0.29) is 24.3 Å². The van der Waals surface area contributed by atoms with Gasteiger partial charge in [-0.3, -0.25) is 14.5 Å². The number of benzene rings is 2. The summed E-state index contributed by atoms with van der Waals surface area (Å²) in [5.41, 5.74) is 0.519. The molecular weight excluding hydrogens is 454 g/mol. The van der Waals surface area contributed by atoms with E-state index in [1.807, 2.05) is 36.1 Å². The van der Waals surface area contributed by atoms with Crippen molar-refractivity contribution in [3.8, 4) is 17.2 Å². The lowest BCUT2D eigenvalue weighted by atomic mass is 9.95. The number of halogens is 1. The largest absolute Gasteiger partial charge is 0.494 e. The lowest BCUT2D eigenvalue weighted by Gasteiger charge is -2.32. The summed E-state index contributed by atoms with van der Waals surface area (Å²) in [6.07, 6.45) is 3.81. The molecule has 0 spiro atoms. The maximum atomic E-state index is 12.8. The zero-order chi connectivity index (χ0) is 23.9. The normalized spacial score (nSPS) is 16.9. The number of likely N-dealkylation sites (tertiary alicyclic amines) is 2. The Morgan fingerprint density at radius 2 is 1.68 bits per heavy atom. The molecule has 4 rings (SSSR count). The maximum absolute atomic E-state index is 12.8. The zero-order valence-electron chi connectivity index (χ0n) is 19.6. The number of ether oxygens (including phenoxy) is 2. The molecule has 34 heavy (non-hydrogen) atoms. The van der Waals surface area contributed by atoms with Gasteiger partial charge in [0.25, 0.3) is 0 Å². The fourth-order valence-corrected chi connectivity index (χ4v) is 4.69. The van der Waals surface area contributed by atoms with E-state index < -0.39 is 0 Å². The molecule has 0 radical (unpaired) electrons. The molecule has 0 bridgehead atoms. The minimum Gasteiger partial charge on any atom is -0.494 e. The Labute approximate surface area is 206 Å². The minimum atomic E-state index is -0.136. The number of anilines is 1. The van der Waals surface area contributed by atoms with Crippen molar-refractivity contribution < 1.29 is 19.1 Å². The summed E-state index contributed by atoms with van der Waals surface area (Å²) in [6, 6.07) is 12.5. The first kappa shape index (κ1) is 24.4. The number of carbonyl (C=O) groups excluding carboxylic acids is 2. The SMILES string of the molecule is CCOc1ccc(Oc2ccc(Cl)cc2NC(=O)CN2CCC(C(=O)N3CCCC3)CC2)cc1. The molecule has 1 N–H and O–H groups in total. The summed E-state index contributed by atoms with van der Waals surface area (Å²) >= 11 is 6.18. The highest BCUT2D eigenvalue weighted by molar-refractivity contribution is 6.31. The van der Waals surface area contributed by atoms with Gasteiger partial charge in [-0.1, -0.05) is 11.6 Å². The maximum Gasteiger partial charge on any atom is 0.238 e. The highest BCUT2D eigenvalue weighted by atomic mass is 35.5. The average molecular weight is 486 g/mol. The Balaban J connectivity index is 1.31. The van der Waals surface area contributed by atoms with E-state index >= 15 is 0 Å². The van der Waals surface area contributed by atoms with Crippen LogP contribution in [-0.4, -0.2) is 60.9 Å². The second-order valence-corrected chi connectivity index (χ2v) is 9.21. The summed E-state index contributed by atoms with van der Waals surface area (Å²) in [5.74, 6) is 2.15. The third-order valence-corrected chi connectivity index (χ3v) is 6.54. The second kappa shape index (κ2) is 11.6. The lowest BCUT2D eigenvalue weighted by Crippen LogP contribution is -2.43. The summed E-state index contributed by atoms with van der Waals surface area (Å²) in [7, 11) is 0. The van der Waals surface area contributed by atoms with Crippen LogP contribution in [0.3, 0.4) is 0 Å². The van der Waals surface area contributed by atoms with Crippen molar-refractivity contribution in [2.45, 2.75) is 32.6 Å². The predicted octanol–water partition coefficient (Wildman–Crippen LogP) is 4.80. The monoisotopic (exact) mass is 485 g/mol. The number of nitrogens with one attached hydrogen (secondary N) is 1. The zero-order valence-corrected chi connectivity index (χ0v) is 20.4. The van der Waals surface area contributed by atoms with Crippen LogP contribution in [0.15, 0.2) is 42.5 Å². The van der Waals surface area contributed by atoms with Gasteiger partial charge in [0.2, 0.25) is 11.8 Å². The van der Waals surface area contributed by atoms with Gasteiger partial charge in [-0.15, -0.1) is 0 Å². The number of hydrogen-bond donors (Lipinski definition) is 1. The molecule has 0 atom stereocenters. The third kappa shape index (κ3) is 6.42. The third-order valence-electron chi connectivity index (χ3n) is 6.30. The molecule has 2 aliphatic rings. The smallest absolute Gasteiger partial charge is 0.238 e. The van der Waals surface area contributed by atoms with E-state index in [9.17, 15) is 9.59 Å². The quantitative estimate of drug-likeness (QED) is 0.581. The molecule has 2 fully saturated rings. The van der Waals surface area contributed by atoms with Gasteiger partial charge in [0.05, 0.1) is 18.8 Å². The van der Waals surface area contributed by atoms with Crippen LogP contribution in [0.25, 0.3) is 0 Å². The molecule has 7 nitrogen and oxygen atoms in total. The standard InChI is InChI=1S/C26H32ClN3O4/c1-2-33-21-6-8-22(9-7-21)34-24-10-5-20(27)17-23(24)28-25(31)18-29-15-11-19(12-16-29)26(32)30-13-3-4-14-30/h5-10,17,19H,2-4,11-16,18H2,1H3,(H,28,31). The van der Waals surface area contributed by atoms with Gasteiger partial charge in [0.15, 0.2) is 5.75 Å². The molecule has 182 valence electrons. The Bertz CT molecular complexity index is 984. The van der Waals surface area contributed by atoms with E-state index in [0.717, 1.165) is 57.6 Å². The van der Waals surface area contributed by atoms with Gasteiger partial charge in [0.1, 0.15) is 11.5 Å². The minimum absolute atomic E-state index is 0.0828. The van der Waals surface area contributed by atoms with Crippen LogP contribution >= 0.6 is 11.6 Å². The highest BCUT2D eigenvalue weighted by Crippen LogP contribution is 2.33. The van der Waals surface area contributed by atoms with E-state index in [4.69, 9.17) is 21.1 Å². The summed E-state index contributed by atoms with van der Waals surface area (Å²) in [4.78, 5) is 29.5. The molecule has 2 aliphatic heterocycles. The van der Waals surface area contributed by atoms with E-state index in [1.54, 1.807) is 18.2 Å². The van der Waals surface area contributed by atoms with Gasteiger partial charge in [-0.25, -0.2) is 0 Å². The number of nitrogens with zero attached hydrogens (tertiary/aromatic N) is 2. The molecule has 2 aromatic rings. The van der Waals surface area contributed by atoms with E-state index in [0.29, 0.717) is 28.8 Å². The van der Waals surface area contributed by atoms with Crippen LogP contribution in [0.2, 0.25) is 5.02 Å². The molecule has 0 saturated carbocycles. The van der Waals surface area contributed by atoms with Crippen molar-refractivity contribution in [2.75, 3.05) is 44.6 Å². The first-order chi connectivity index (χ1) is 16.5. The number of hydrogen-bond acceptors (Lipinski definition) is 5. The molecule has 2 saturated heterocycles. The van der Waals surface area contributed by atoms with Crippen molar-refractivity contribution in [3.63, 3.8) is 0 Å². The van der Waals surface area contributed by atoms with Crippen LogP contribution in [0, 0.1) is 5.92 Å². The van der Waals surface area contributed by atoms with Crippen LogP contribution < -0.4 is 14.8 Å².